The maximum Gasteiger partial charge on any atom is 0.0601 e. The maximum atomic E-state index is 4.26. The molecule has 0 aromatic heterocycles. The summed E-state index contributed by atoms with van der Waals surface area (Å²) in [6, 6.07) is 0. The Kier molecular flexibility index (Phi) is 1.65. The average molecular weight is 147 g/mol. The lowest BCUT2D eigenvalue weighted by molar-refractivity contribution is 0.601. The van der Waals surface area contributed by atoms with Gasteiger partial charge in [-0.3, -0.25) is 4.99 Å². The molecule has 0 saturated carbocycles. The van der Waals surface area contributed by atoms with Gasteiger partial charge in [0.25, 0.3) is 0 Å². The Morgan fingerprint density at radius 3 is 3.27 bits per heavy atom. The Morgan fingerprint density at radius 2 is 2.36 bits per heavy atom. The van der Waals surface area contributed by atoms with Crippen molar-refractivity contribution in [2.75, 3.05) is 6.54 Å². The molecule has 0 amide bonds. The van der Waals surface area contributed by atoms with E-state index in [1.54, 1.807) is 0 Å². The first kappa shape index (κ1) is 6.84. The van der Waals surface area contributed by atoms with Crippen molar-refractivity contribution in [1.82, 2.24) is 0 Å². The molecule has 11 heavy (non-hydrogen) atoms. The number of nitrogens with zero attached hydrogens (tertiary/aromatic N) is 1. The summed E-state index contributed by atoms with van der Waals surface area (Å²) in [5, 5.41) is 0. The first-order chi connectivity index (χ1) is 5.36. The summed E-state index contributed by atoms with van der Waals surface area (Å²) in [7, 11) is 0. The predicted octanol–water partition coefficient (Wildman–Crippen LogP) is 2.35. The molecule has 1 heteroatoms. The van der Waals surface area contributed by atoms with Crippen molar-refractivity contribution < 1.29 is 0 Å². The zero-order valence-electron chi connectivity index (χ0n) is 6.88. The molecule has 0 saturated heterocycles. The Bertz CT molecular complexity index is 246. The van der Waals surface area contributed by atoms with Gasteiger partial charge >= 0.3 is 0 Å². The second-order valence-electron chi connectivity index (χ2n) is 3.41. The fraction of sp³-hybridized carbons (Fsp3) is 0.500. The summed E-state index contributed by atoms with van der Waals surface area (Å²) in [5.41, 5.74) is 3.03. The van der Waals surface area contributed by atoms with E-state index in [1.807, 2.05) is 0 Å². The molecule has 2 rings (SSSR count). The fourth-order valence-electron chi connectivity index (χ4n) is 1.76. The van der Waals surface area contributed by atoms with E-state index >= 15 is 0 Å². The molecule has 1 heterocycles. The van der Waals surface area contributed by atoms with Crippen LogP contribution >= 0.6 is 0 Å². The van der Waals surface area contributed by atoms with E-state index in [4.69, 9.17) is 0 Å². The summed E-state index contributed by atoms with van der Waals surface area (Å²) in [5.74, 6) is 0.775. The minimum absolute atomic E-state index is 0.775. The fourth-order valence-corrected chi connectivity index (χ4v) is 1.76. The largest absolute Gasteiger partial charge is 0.293 e. The van der Waals surface area contributed by atoms with Crippen molar-refractivity contribution in [1.29, 1.82) is 0 Å². The number of aliphatic imine (C=N–C) groups is 1. The molecule has 0 bridgehead atoms. The van der Waals surface area contributed by atoms with Gasteiger partial charge in [-0.15, -0.1) is 0 Å². The smallest absolute Gasteiger partial charge is 0.0601 e. The van der Waals surface area contributed by atoms with Crippen LogP contribution in [0.4, 0.5) is 0 Å². The van der Waals surface area contributed by atoms with Crippen LogP contribution in [0.15, 0.2) is 28.3 Å². The topological polar surface area (TPSA) is 12.4 Å². The van der Waals surface area contributed by atoms with Gasteiger partial charge in [0.05, 0.1) is 6.54 Å². The molecule has 0 N–H and O–H groups in total. The van der Waals surface area contributed by atoms with Gasteiger partial charge in [0, 0.05) is 0 Å². The van der Waals surface area contributed by atoms with Crippen LogP contribution in [-0.4, -0.2) is 12.8 Å². The molecule has 1 unspecified atom stereocenters. The molecular formula is C10H13N. The van der Waals surface area contributed by atoms with Gasteiger partial charge in [-0.25, -0.2) is 0 Å². The number of rotatable bonds is 0. The molecular weight excluding hydrogens is 134 g/mol. The highest BCUT2D eigenvalue weighted by atomic mass is 14.7. The first-order valence-corrected chi connectivity index (χ1v) is 4.21. The lowest BCUT2D eigenvalue weighted by Crippen LogP contribution is -2.15. The predicted molar refractivity (Wildman–Crippen MR) is 47.9 cm³/mol. The van der Waals surface area contributed by atoms with Gasteiger partial charge in [-0.2, -0.15) is 0 Å². The van der Waals surface area contributed by atoms with Crippen molar-refractivity contribution in [3.63, 3.8) is 0 Å². The second kappa shape index (κ2) is 2.65. The lowest BCUT2D eigenvalue weighted by Gasteiger charge is -2.24. The van der Waals surface area contributed by atoms with Crippen LogP contribution in [0.25, 0.3) is 0 Å². The highest BCUT2D eigenvalue weighted by Gasteiger charge is 2.18. The summed E-state index contributed by atoms with van der Waals surface area (Å²) < 4.78 is 0. The van der Waals surface area contributed by atoms with E-state index in [0.717, 1.165) is 18.9 Å². The van der Waals surface area contributed by atoms with E-state index in [0.29, 0.717) is 0 Å². The monoisotopic (exact) mass is 147 g/mol. The van der Waals surface area contributed by atoms with E-state index in [9.17, 15) is 0 Å². The molecule has 0 radical (unpaired) electrons. The minimum Gasteiger partial charge on any atom is -0.293 e. The molecule has 0 aromatic rings. The van der Waals surface area contributed by atoms with Crippen molar-refractivity contribution >= 4 is 6.21 Å². The van der Waals surface area contributed by atoms with Gasteiger partial charge in [0.1, 0.15) is 0 Å². The SMILES string of the molecule is CC1=CC=C2CN=CCC2C1. The number of allylic oxidation sites excluding steroid dienone is 3. The quantitative estimate of drug-likeness (QED) is 0.498. The molecule has 2 aliphatic rings. The Labute approximate surface area is 67.5 Å². The molecule has 0 aromatic carbocycles. The van der Waals surface area contributed by atoms with Crippen LogP contribution < -0.4 is 0 Å². The van der Waals surface area contributed by atoms with Crippen molar-refractivity contribution in [3.8, 4) is 0 Å². The van der Waals surface area contributed by atoms with Crippen LogP contribution in [0.5, 0.6) is 0 Å². The molecule has 1 aliphatic heterocycles. The van der Waals surface area contributed by atoms with E-state index in [1.165, 1.54) is 17.6 Å². The zero-order chi connectivity index (χ0) is 7.68. The molecule has 1 nitrogen and oxygen atoms in total. The number of hydrogen-bond donors (Lipinski definition) is 0. The first-order valence-electron chi connectivity index (χ1n) is 4.21. The Balaban J connectivity index is 2.24. The second-order valence-corrected chi connectivity index (χ2v) is 3.41. The molecule has 1 atom stereocenters. The van der Waals surface area contributed by atoms with Crippen LogP contribution in [0.2, 0.25) is 0 Å². The van der Waals surface area contributed by atoms with Gasteiger partial charge in [-0.1, -0.05) is 17.7 Å². The van der Waals surface area contributed by atoms with Crippen molar-refractivity contribution in [2.45, 2.75) is 19.8 Å². The number of fused-ring (bicyclic) bond motifs is 1. The normalized spacial score (nSPS) is 29.0. The Hall–Kier alpha value is -0.850. The van der Waals surface area contributed by atoms with E-state index < -0.39 is 0 Å². The van der Waals surface area contributed by atoms with Gasteiger partial charge in [-0.05, 0) is 37.5 Å². The molecule has 0 fully saturated rings. The Morgan fingerprint density at radius 1 is 1.45 bits per heavy atom. The van der Waals surface area contributed by atoms with E-state index in [-0.39, 0.29) is 0 Å². The van der Waals surface area contributed by atoms with Crippen molar-refractivity contribution in [3.05, 3.63) is 23.3 Å². The summed E-state index contributed by atoms with van der Waals surface area (Å²) >= 11 is 0. The highest BCUT2D eigenvalue weighted by molar-refractivity contribution is 5.61. The average Bonchev–Trinajstić information content (AvgIpc) is 2.04. The third-order valence-corrected chi connectivity index (χ3v) is 2.47. The third kappa shape index (κ3) is 1.28. The van der Waals surface area contributed by atoms with Gasteiger partial charge in [0.15, 0.2) is 0 Å². The van der Waals surface area contributed by atoms with E-state index in [2.05, 4.69) is 30.3 Å². The standard InChI is InChI=1S/C10H13N/c1-8-2-3-10-7-11-5-4-9(10)6-8/h2-3,5,9H,4,6-7H2,1H3. The van der Waals surface area contributed by atoms with Crippen LogP contribution in [-0.2, 0) is 0 Å². The third-order valence-electron chi connectivity index (χ3n) is 2.47. The molecule has 1 aliphatic carbocycles. The number of hydrogen-bond acceptors (Lipinski definition) is 1. The maximum absolute atomic E-state index is 4.26. The van der Waals surface area contributed by atoms with Crippen LogP contribution in [0.3, 0.4) is 0 Å². The lowest BCUT2D eigenvalue weighted by atomic mass is 9.84. The van der Waals surface area contributed by atoms with Gasteiger partial charge in [0.2, 0.25) is 0 Å². The molecule has 58 valence electrons. The summed E-state index contributed by atoms with van der Waals surface area (Å²) in [6.07, 6.45) is 8.95. The summed E-state index contributed by atoms with van der Waals surface area (Å²) in [4.78, 5) is 4.26. The highest BCUT2D eigenvalue weighted by Crippen LogP contribution is 2.29. The minimum atomic E-state index is 0.775. The zero-order valence-corrected chi connectivity index (χ0v) is 6.88. The van der Waals surface area contributed by atoms with Crippen LogP contribution in [0, 0.1) is 5.92 Å². The molecule has 0 spiro atoms. The van der Waals surface area contributed by atoms with Crippen molar-refractivity contribution in [2.24, 2.45) is 10.9 Å². The van der Waals surface area contributed by atoms with Crippen LogP contribution in [0.1, 0.15) is 19.8 Å². The van der Waals surface area contributed by atoms with Gasteiger partial charge < -0.3 is 0 Å². The summed E-state index contributed by atoms with van der Waals surface area (Å²) in [6.45, 7) is 3.15.